The zero-order valence-electron chi connectivity index (χ0n) is 16.0. The average Bonchev–Trinajstić information content (AvgIpc) is 2.58. The van der Waals surface area contributed by atoms with Crippen LogP contribution in [0, 0.1) is 0 Å². The Bertz CT molecular complexity index is 709. The number of rotatable bonds is 5. The molecule has 2 atom stereocenters. The smallest absolute Gasteiger partial charge is 0.127 e. The molecular formula is C22H29NO2. The summed E-state index contributed by atoms with van der Waals surface area (Å²) in [4.78, 5) is 2.16. The molecule has 0 spiro atoms. The van der Waals surface area contributed by atoms with Gasteiger partial charge in [0.05, 0.1) is 0 Å². The fourth-order valence-electron chi connectivity index (χ4n) is 3.27. The maximum atomic E-state index is 6.28. The standard InChI is InChI=1S/C22H29NO2/c1-16(23(4)5)15-24-18-11-12-19-20(17-9-7-6-8-10-17)14-22(2,3)25-21(19)13-18/h6-13,16,20H,14-15H2,1-5H3. The molecule has 0 fully saturated rings. The van der Waals surface area contributed by atoms with E-state index >= 15 is 0 Å². The zero-order chi connectivity index (χ0) is 18.0. The highest BCUT2D eigenvalue weighted by atomic mass is 16.5. The van der Waals surface area contributed by atoms with Gasteiger partial charge < -0.3 is 14.4 Å². The molecule has 0 saturated carbocycles. The lowest BCUT2D eigenvalue weighted by molar-refractivity contribution is 0.0768. The van der Waals surface area contributed by atoms with E-state index in [0.29, 0.717) is 18.6 Å². The molecule has 2 aromatic carbocycles. The normalized spacial score (nSPS) is 19.8. The molecule has 3 rings (SSSR count). The largest absolute Gasteiger partial charge is 0.492 e. The molecule has 134 valence electrons. The first-order chi connectivity index (χ1) is 11.9. The number of hydrogen-bond acceptors (Lipinski definition) is 3. The monoisotopic (exact) mass is 339 g/mol. The van der Waals surface area contributed by atoms with E-state index in [4.69, 9.17) is 9.47 Å². The summed E-state index contributed by atoms with van der Waals surface area (Å²) < 4.78 is 12.3. The molecule has 0 amide bonds. The Balaban J connectivity index is 1.87. The molecular weight excluding hydrogens is 310 g/mol. The molecule has 2 unspecified atom stereocenters. The minimum Gasteiger partial charge on any atom is -0.492 e. The van der Waals surface area contributed by atoms with Gasteiger partial charge in [-0.3, -0.25) is 0 Å². The molecule has 0 aliphatic carbocycles. The summed E-state index contributed by atoms with van der Waals surface area (Å²) in [5.41, 5.74) is 2.40. The molecule has 1 aliphatic rings. The van der Waals surface area contributed by atoms with Crippen LogP contribution in [-0.4, -0.2) is 37.2 Å². The fraction of sp³-hybridized carbons (Fsp3) is 0.455. The second-order valence-electron chi connectivity index (χ2n) is 7.85. The zero-order valence-corrected chi connectivity index (χ0v) is 16.0. The van der Waals surface area contributed by atoms with E-state index < -0.39 is 0 Å². The van der Waals surface area contributed by atoms with Crippen LogP contribution in [0.2, 0.25) is 0 Å². The lowest BCUT2D eigenvalue weighted by Crippen LogP contribution is -2.35. The summed E-state index contributed by atoms with van der Waals surface area (Å²) in [7, 11) is 4.13. The SMILES string of the molecule is CC(COc1ccc2c(c1)OC(C)(C)CC2c1ccccc1)N(C)C. The van der Waals surface area contributed by atoms with Crippen molar-refractivity contribution in [3.8, 4) is 11.5 Å². The Hall–Kier alpha value is -2.00. The summed E-state index contributed by atoms with van der Waals surface area (Å²) in [6, 6.07) is 17.3. The van der Waals surface area contributed by atoms with Gasteiger partial charge in [0.25, 0.3) is 0 Å². The van der Waals surface area contributed by atoms with E-state index in [1.807, 2.05) is 0 Å². The molecule has 3 heteroatoms. The summed E-state index contributed by atoms with van der Waals surface area (Å²) in [5.74, 6) is 2.17. The fourth-order valence-corrected chi connectivity index (χ4v) is 3.27. The Kier molecular flexibility index (Phi) is 5.05. The predicted molar refractivity (Wildman–Crippen MR) is 103 cm³/mol. The van der Waals surface area contributed by atoms with Gasteiger partial charge in [-0.05, 0) is 52.9 Å². The third-order valence-corrected chi connectivity index (χ3v) is 5.02. The number of ether oxygens (including phenoxy) is 2. The number of likely N-dealkylation sites (N-methyl/N-ethyl adjacent to an activating group) is 1. The summed E-state index contributed by atoms with van der Waals surface area (Å²) in [6.07, 6.45) is 0.974. The van der Waals surface area contributed by atoms with Crippen LogP contribution < -0.4 is 9.47 Å². The summed E-state index contributed by atoms with van der Waals surface area (Å²) >= 11 is 0. The summed E-state index contributed by atoms with van der Waals surface area (Å²) in [6.45, 7) is 7.14. The third kappa shape index (κ3) is 4.16. The van der Waals surface area contributed by atoms with Crippen molar-refractivity contribution in [1.82, 2.24) is 4.90 Å². The van der Waals surface area contributed by atoms with Gasteiger partial charge in [0.1, 0.15) is 23.7 Å². The van der Waals surface area contributed by atoms with Gasteiger partial charge in [0.15, 0.2) is 0 Å². The van der Waals surface area contributed by atoms with E-state index in [-0.39, 0.29) is 5.60 Å². The van der Waals surface area contributed by atoms with Crippen LogP contribution in [0.1, 0.15) is 44.2 Å². The highest BCUT2D eigenvalue weighted by Gasteiger charge is 2.34. The molecule has 1 heterocycles. The van der Waals surface area contributed by atoms with Gasteiger partial charge in [0.2, 0.25) is 0 Å². The lowest BCUT2D eigenvalue weighted by Gasteiger charge is -2.38. The average molecular weight is 339 g/mol. The Morgan fingerprint density at radius 2 is 1.88 bits per heavy atom. The highest BCUT2D eigenvalue weighted by molar-refractivity contribution is 5.48. The van der Waals surface area contributed by atoms with Crippen molar-refractivity contribution in [2.24, 2.45) is 0 Å². The van der Waals surface area contributed by atoms with Crippen molar-refractivity contribution in [1.29, 1.82) is 0 Å². The van der Waals surface area contributed by atoms with Gasteiger partial charge >= 0.3 is 0 Å². The maximum Gasteiger partial charge on any atom is 0.127 e. The number of nitrogens with zero attached hydrogens (tertiary/aromatic N) is 1. The van der Waals surface area contributed by atoms with Crippen molar-refractivity contribution in [2.75, 3.05) is 20.7 Å². The molecule has 3 nitrogen and oxygen atoms in total. The van der Waals surface area contributed by atoms with E-state index in [1.54, 1.807) is 0 Å². The topological polar surface area (TPSA) is 21.7 Å². The van der Waals surface area contributed by atoms with Crippen molar-refractivity contribution in [2.45, 2.75) is 44.8 Å². The van der Waals surface area contributed by atoms with Crippen LogP contribution in [-0.2, 0) is 0 Å². The second-order valence-corrected chi connectivity index (χ2v) is 7.85. The van der Waals surface area contributed by atoms with E-state index in [0.717, 1.165) is 17.9 Å². The quantitative estimate of drug-likeness (QED) is 0.787. The van der Waals surface area contributed by atoms with Gasteiger partial charge in [-0.25, -0.2) is 0 Å². The number of benzene rings is 2. The van der Waals surface area contributed by atoms with Crippen LogP contribution in [0.3, 0.4) is 0 Å². The number of fused-ring (bicyclic) bond motifs is 1. The Morgan fingerprint density at radius 1 is 1.16 bits per heavy atom. The maximum absolute atomic E-state index is 6.28. The molecule has 1 aliphatic heterocycles. The lowest BCUT2D eigenvalue weighted by atomic mass is 9.80. The van der Waals surface area contributed by atoms with Crippen LogP contribution in [0.4, 0.5) is 0 Å². The van der Waals surface area contributed by atoms with E-state index in [9.17, 15) is 0 Å². The predicted octanol–water partition coefficient (Wildman–Crippen LogP) is 4.71. The van der Waals surface area contributed by atoms with E-state index in [2.05, 4.69) is 88.3 Å². The third-order valence-electron chi connectivity index (χ3n) is 5.02. The minimum atomic E-state index is -0.191. The number of hydrogen-bond donors (Lipinski definition) is 0. The van der Waals surface area contributed by atoms with Gasteiger partial charge in [-0.2, -0.15) is 0 Å². The van der Waals surface area contributed by atoms with Gasteiger partial charge in [0, 0.05) is 23.6 Å². The summed E-state index contributed by atoms with van der Waals surface area (Å²) in [5, 5.41) is 0. The molecule has 25 heavy (non-hydrogen) atoms. The van der Waals surface area contributed by atoms with Crippen LogP contribution in [0.15, 0.2) is 48.5 Å². The molecule has 0 N–H and O–H groups in total. The van der Waals surface area contributed by atoms with Gasteiger partial charge in [-0.15, -0.1) is 0 Å². The molecule has 2 aromatic rings. The first-order valence-electron chi connectivity index (χ1n) is 9.03. The molecule has 0 saturated heterocycles. The second kappa shape index (κ2) is 7.09. The van der Waals surface area contributed by atoms with Gasteiger partial charge in [-0.1, -0.05) is 36.4 Å². The van der Waals surface area contributed by atoms with Crippen LogP contribution in [0.25, 0.3) is 0 Å². The first-order valence-corrected chi connectivity index (χ1v) is 9.03. The van der Waals surface area contributed by atoms with Crippen LogP contribution in [0.5, 0.6) is 11.5 Å². The molecule has 0 radical (unpaired) electrons. The van der Waals surface area contributed by atoms with Crippen molar-refractivity contribution >= 4 is 0 Å². The van der Waals surface area contributed by atoms with Crippen molar-refractivity contribution in [3.05, 3.63) is 59.7 Å². The van der Waals surface area contributed by atoms with Crippen LogP contribution >= 0.6 is 0 Å². The Labute approximate surface area is 151 Å². The molecule has 0 bridgehead atoms. The first kappa shape index (κ1) is 17.8. The van der Waals surface area contributed by atoms with Crippen molar-refractivity contribution < 1.29 is 9.47 Å². The Morgan fingerprint density at radius 3 is 2.56 bits per heavy atom. The highest BCUT2D eigenvalue weighted by Crippen LogP contribution is 2.45. The van der Waals surface area contributed by atoms with Crippen molar-refractivity contribution in [3.63, 3.8) is 0 Å². The molecule has 0 aromatic heterocycles. The van der Waals surface area contributed by atoms with E-state index in [1.165, 1.54) is 11.1 Å². The minimum absolute atomic E-state index is 0.191.